The number of ketones is 1. The highest BCUT2D eigenvalue weighted by Crippen LogP contribution is 2.24. The number of carbonyl (C=O) groups excluding carboxylic acids is 1. The van der Waals surface area contributed by atoms with Crippen molar-refractivity contribution in [3.8, 4) is 11.5 Å². The van der Waals surface area contributed by atoms with Gasteiger partial charge in [-0.1, -0.05) is 6.07 Å². The van der Waals surface area contributed by atoms with Gasteiger partial charge in [0.15, 0.2) is 23.2 Å². The smallest absolute Gasteiger partial charge is 0.335 e. The summed E-state index contributed by atoms with van der Waals surface area (Å²) in [5.41, 5.74) is 1.03. The van der Waals surface area contributed by atoms with Crippen molar-refractivity contribution in [3.63, 3.8) is 0 Å². The monoisotopic (exact) mass is 482 g/mol. The summed E-state index contributed by atoms with van der Waals surface area (Å²) in [6, 6.07) is 10.3. The summed E-state index contributed by atoms with van der Waals surface area (Å²) in [6.07, 6.45) is 0.415. The Hall–Kier alpha value is -4.05. The van der Waals surface area contributed by atoms with Crippen molar-refractivity contribution in [1.29, 1.82) is 0 Å². The molecule has 2 aromatic carbocycles. The first-order valence-corrected chi connectivity index (χ1v) is 11.1. The van der Waals surface area contributed by atoms with Crippen LogP contribution < -0.4 is 15.0 Å². The van der Waals surface area contributed by atoms with Crippen molar-refractivity contribution in [2.45, 2.75) is 19.4 Å². The van der Waals surface area contributed by atoms with Gasteiger partial charge in [0, 0.05) is 17.4 Å². The molecule has 0 fully saturated rings. The number of methoxy groups -OCH3 is 1. The summed E-state index contributed by atoms with van der Waals surface area (Å²) in [5.74, 6) is -1.33. The van der Waals surface area contributed by atoms with Crippen LogP contribution in [0.5, 0.6) is 11.5 Å². The van der Waals surface area contributed by atoms with Crippen molar-refractivity contribution < 1.29 is 28.6 Å². The third-order valence-electron chi connectivity index (χ3n) is 5.14. The van der Waals surface area contributed by atoms with Crippen molar-refractivity contribution in [1.82, 2.24) is 9.97 Å². The zero-order valence-electron chi connectivity index (χ0n) is 18.0. The van der Waals surface area contributed by atoms with E-state index >= 15 is 0 Å². The second-order valence-corrected chi connectivity index (χ2v) is 8.22. The molecule has 0 aliphatic carbocycles. The molecule has 0 unspecified atom stereocenters. The molecule has 0 atom stereocenters. The van der Waals surface area contributed by atoms with Crippen molar-refractivity contribution >= 4 is 33.3 Å². The quantitative estimate of drug-likeness (QED) is 0.343. The number of aromatic carboxylic acids is 1. The van der Waals surface area contributed by atoms with E-state index in [2.05, 4.69) is 9.97 Å². The van der Waals surface area contributed by atoms with E-state index in [1.54, 1.807) is 11.4 Å². The lowest BCUT2D eigenvalue weighted by Crippen LogP contribution is -2.16. The molecule has 2 aromatic heterocycles. The third-order valence-corrected chi connectivity index (χ3v) is 6.06. The van der Waals surface area contributed by atoms with Crippen molar-refractivity contribution in [2.75, 3.05) is 7.11 Å². The van der Waals surface area contributed by atoms with E-state index in [0.29, 0.717) is 28.0 Å². The van der Waals surface area contributed by atoms with Gasteiger partial charge in [-0.3, -0.25) is 9.59 Å². The molecule has 2 N–H and O–H groups in total. The maximum Gasteiger partial charge on any atom is 0.335 e. The number of aromatic amines is 1. The number of nitrogens with zero attached hydrogens (tertiary/aromatic N) is 1. The number of H-pyrrole nitrogens is 1. The van der Waals surface area contributed by atoms with Crippen LogP contribution in [0.15, 0.2) is 52.6 Å². The SMILES string of the molecule is COc1cc(CCC(=O)c2nc3scc(COc4ccc(C(=O)O)cc4)c3c(=O)[nH]2)ccc1F. The number of carbonyl (C=O) groups is 2. The lowest BCUT2D eigenvalue weighted by molar-refractivity contribution is 0.0696. The number of benzene rings is 2. The highest BCUT2D eigenvalue weighted by Gasteiger charge is 2.16. The second-order valence-electron chi connectivity index (χ2n) is 7.37. The highest BCUT2D eigenvalue weighted by atomic mass is 32.1. The van der Waals surface area contributed by atoms with E-state index in [1.165, 1.54) is 54.8 Å². The van der Waals surface area contributed by atoms with Crippen LogP contribution in [0, 0.1) is 5.82 Å². The Kier molecular flexibility index (Phi) is 6.69. The van der Waals surface area contributed by atoms with Crippen molar-refractivity contribution in [3.05, 3.63) is 86.5 Å². The van der Waals surface area contributed by atoms with Gasteiger partial charge in [0.2, 0.25) is 0 Å². The third kappa shape index (κ3) is 4.96. The fourth-order valence-corrected chi connectivity index (χ4v) is 4.26. The van der Waals surface area contributed by atoms with Crippen LogP contribution in [0.1, 0.15) is 38.5 Å². The summed E-state index contributed by atoms with van der Waals surface area (Å²) < 4.78 is 24.2. The van der Waals surface area contributed by atoms with E-state index in [9.17, 15) is 18.8 Å². The number of nitrogens with one attached hydrogen (secondary N) is 1. The van der Waals surface area contributed by atoms with Crippen LogP contribution in [-0.2, 0) is 13.0 Å². The first-order valence-electron chi connectivity index (χ1n) is 10.2. The maximum absolute atomic E-state index is 13.6. The number of rotatable bonds is 9. The number of aryl methyl sites for hydroxylation is 1. The first kappa shape index (κ1) is 23.1. The van der Waals surface area contributed by atoms with E-state index < -0.39 is 17.3 Å². The van der Waals surface area contributed by atoms with Gasteiger partial charge < -0.3 is 19.6 Å². The minimum absolute atomic E-state index is 0.0369. The van der Waals surface area contributed by atoms with Crippen LogP contribution in [0.2, 0.25) is 0 Å². The number of hydrogen-bond donors (Lipinski definition) is 2. The van der Waals surface area contributed by atoms with E-state index in [0.717, 1.165) is 5.56 Å². The van der Waals surface area contributed by atoms with Crippen LogP contribution in [0.3, 0.4) is 0 Å². The molecule has 10 heteroatoms. The van der Waals surface area contributed by atoms with Gasteiger partial charge in [0.25, 0.3) is 5.56 Å². The standard InChI is InChI=1S/C24H19FN2O6S/c1-32-19-10-13(2-8-17(19)25)3-9-18(28)21-26-22(29)20-15(12-34-23(20)27-21)11-33-16-6-4-14(5-7-16)24(30)31/h2,4-8,10,12H,3,9,11H2,1H3,(H,30,31)(H,26,27,29). The highest BCUT2D eigenvalue weighted by molar-refractivity contribution is 7.16. The molecule has 0 aliphatic heterocycles. The lowest BCUT2D eigenvalue weighted by atomic mass is 10.1. The molecule has 0 saturated carbocycles. The maximum atomic E-state index is 13.6. The predicted molar refractivity (Wildman–Crippen MR) is 124 cm³/mol. The molecule has 34 heavy (non-hydrogen) atoms. The zero-order chi connectivity index (χ0) is 24.2. The van der Waals surface area contributed by atoms with E-state index in [4.69, 9.17) is 14.6 Å². The average Bonchev–Trinajstić information content (AvgIpc) is 3.25. The number of ether oxygens (including phenoxy) is 2. The normalized spacial score (nSPS) is 10.9. The number of fused-ring (bicyclic) bond motifs is 1. The molecular formula is C24H19FN2O6S. The zero-order valence-corrected chi connectivity index (χ0v) is 18.8. The Morgan fingerprint density at radius 1 is 1.18 bits per heavy atom. The molecule has 174 valence electrons. The summed E-state index contributed by atoms with van der Waals surface area (Å²) in [6.45, 7) is 0.0802. The molecule has 0 amide bonds. The van der Waals surface area contributed by atoms with Crippen LogP contribution >= 0.6 is 11.3 Å². The molecule has 8 nitrogen and oxygen atoms in total. The number of thiophene rings is 1. The van der Waals surface area contributed by atoms with Gasteiger partial charge >= 0.3 is 5.97 Å². The fraction of sp³-hybridized carbons (Fsp3) is 0.167. The molecule has 0 aliphatic rings. The summed E-state index contributed by atoms with van der Waals surface area (Å²) in [4.78, 5) is 43.5. The Labute approximate surface area is 196 Å². The Balaban J connectivity index is 1.46. The van der Waals surface area contributed by atoms with Crippen molar-refractivity contribution in [2.24, 2.45) is 0 Å². The number of aromatic nitrogens is 2. The minimum atomic E-state index is -1.03. The number of hydrogen-bond acceptors (Lipinski definition) is 7. The largest absolute Gasteiger partial charge is 0.494 e. The first-order chi connectivity index (χ1) is 16.4. The summed E-state index contributed by atoms with van der Waals surface area (Å²) >= 11 is 1.22. The molecule has 4 rings (SSSR count). The number of halogens is 1. The molecule has 0 bridgehead atoms. The van der Waals surface area contributed by atoms with Gasteiger partial charge in [0.05, 0.1) is 18.1 Å². The molecule has 2 heterocycles. The van der Waals surface area contributed by atoms with E-state index in [1.807, 2.05) is 0 Å². The molecule has 4 aromatic rings. The minimum Gasteiger partial charge on any atom is -0.494 e. The average molecular weight is 482 g/mol. The van der Waals surface area contributed by atoms with Gasteiger partial charge in [-0.2, -0.15) is 0 Å². The lowest BCUT2D eigenvalue weighted by Gasteiger charge is -2.06. The number of carboxylic acids is 1. The molecule has 0 radical (unpaired) electrons. The predicted octanol–water partition coefficient (Wildman–Crippen LogP) is 4.23. The van der Waals surface area contributed by atoms with Crippen LogP contribution in [0.25, 0.3) is 10.2 Å². The molecule has 0 saturated heterocycles. The number of Topliss-reactive ketones (excluding diaryl/α,β-unsaturated/α-hetero) is 1. The Morgan fingerprint density at radius 3 is 2.65 bits per heavy atom. The second kappa shape index (κ2) is 9.84. The van der Waals surface area contributed by atoms with Crippen LogP contribution in [-0.4, -0.2) is 33.9 Å². The Bertz CT molecular complexity index is 1430. The van der Waals surface area contributed by atoms with E-state index in [-0.39, 0.29) is 35.9 Å². The Morgan fingerprint density at radius 2 is 1.94 bits per heavy atom. The molecular weight excluding hydrogens is 463 g/mol. The fourth-order valence-electron chi connectivity index (χ4n) is 3.34. The van der Waals surface area contributed by atoms with Gasteiger partial charge in [0.1, 0.15) is 17.2 Å². The van der Waals surface area contributed by atoms with Gasteiger partial charge in [-0.05, 0) is 48.4 Å². The molecule has 0 spiro atoms. The summed E-state index contributed by atoms with van der Waals surface area (Å²) in [7, 11) is 1.37. The van der Waals surface area contributed by atoms with Gasteiger partial charge in [-0.25, -0.2) is 14.2 Å². The summed E-state index contributed by atoms with van der Waals surface area (Å²) in [5, 5.41) is 11.0. The van der Waals surface area contributed by atoms with Gasteiger partial charge in [-0.15, -0.1) is 11.3 Å². The van der Waals surface area contributed by atoms with Crippen LogP contribution in [0.4, 0.5) is 4.39 Å². The topological polar surface area (TPSA) is 119 Å². The number of carboxylic acid groups (broad SMARTS) is 1.